The number of halogens is 1. The third kappa shape index (κ3) is 6.56. The molecule has 1 saturated heterocycles. The summed E-state index contributed by atoms with van der Waals surface area (Å²) >= 11 is 1.70. The number of amides is 2. The van der Waals surface area contributed by atoms with Crippen molar-refractivity contribution in [3.05, 3.63) is 87.4 Å². The van der Waals surface area contributed by atoms with E-state index in [1.807, 2.05) is 17.0 Å². The maximum absolute atomic E-state index is 14.6. The molecule has 3 heterocycles. The number of carbonyl (C=O) groups excluding carboxylic acids is 2. The van der Waals surface area contributed by atoms with Crippen molar-refractivity contribution in [2.75, 3.05) is 45.9 Å². The van der Waals surface area contributed by atoms with Gasteiger partial charge in [0.15, 0.2) is 0 Å². The molecule has 3 aromatic rings. The Hall–Kier alpha value is -3.23. The molecule has 6 nitrogen and oxygen atoms in total. The van der Waals surface area contributed by atoms with Crippen LogP contribution in [0.15, 0.2) is 60.0 Å². The monoisotopic (exact) mass is 563 g/mol. The van der Waals surface area contributed by atoms with Crippen molar-refractivity contribution in [2.45, 2.75) is 45.1 Å². The number of carbonyl (C=O) groups is 2. The number of hydrogen-bond acceptors (Lipinski definition) is 5. The highest BCUT2D eigenvalue weighted by Crippen LogP contribution is 2.34. The molecule has 0 bridgehead atoms. The average Bonchev–Trinajstić information content (AvgIpc) is 3.66. The normalized spacial score (nSPS) is 17.2. The van der Waals surface area contributed by atoms with Crippen molar-refractivity contribution in [2.24, 2.45) is 0 Å². The molecule has 40 heavy (non-hydrogen) atoms. The van der Waals surface area contributed by atoms with Gasteiger partial charge in [-0.1, -0.05) is 38.1 Å². The standard InChI is InChI=1S/C32H38FN3O3S/c1-23(2)24-9-11-25(12-10-24)39-22-29-27-14-20-40-30(27)13-17-36(29)31(37)21-35(19-18-34-15-5-6-16-34)32(38)26-7-3-4-8-28(26)33/h3-4,7-12,14,20,23,29H,5-6,13,15-19,21-22H2,1-2H3. The zero-order valence-electron chi connectivity index (χ0n) is 23.4. The van der Waals surface area contributed by atoms with Crippen molar-refractivity contribution in [3.63, 3.8) is 0 Å². The molecule has 0 N–H and O–H groups in total. The van der Waals surface area contributed by atoms with E-state index in [2.05, 4.69) is 42.3 Å². The van der Waals surface area contributed by atoms with Crippen molar-refractivity contribution in [3.8, 4) is 5.75 Å². The summed E-state index contributed by atoms with van der Waals surface area (Å²) in [5, 5.41) is 2.06. The molecule has 1 unspecified atom stereocenters. The lowest BCUT2D eigenvalue weighted by atomic mass is 10.00. The molecule has 0 radical (unpaired) electrons. The van der Waals surface area contributed by atoms with Crippen molar-refractivity contribution < 1.29 is 18.7 Å². The number of likely N-dealkylation sites (tertiary alicyclic amines) is 1. The SMILES string of the molecule is CC(C)c1ccc(OCC2c3ccsc3CCN2C(=O)CN(CCN2CCCC2)C(=O)c2ccccc2F)cc1. The summed E-state index contributed by atoms with van der Waals surface area (Å²) in [6.45, 7) is 8.11. The first-order valence-corrected chi connectivity index (χ1v) is 15.1. The van der Waals surface area contributed by atoms with E-state index in [0.717, 1.165) is 43.7 Å². The first-order valence-electron chi connectivity index (χ1n) is 14.3. The first kappa shape index (κ1) is 28.3. The molecule has 2 aliphatic rings. The molecule has 5 rings (SSSR count). The Kier molecular flexibility index (Phi) is 9.17. The summed E-state index contributed by atoms with van der Waals surface area (Å²) in [6, 6.07) is 15.9. The van der Waals surface area contributed by atoms with E-state index >= 15 is 0 Å². The Morgan fingerprint density at radius 3 is 2.52 bits per heavy atom. The molecular weight excluding hydrogens is 525 g/mol. The molecule has 2 amide bonds. The quantitative estimate of drug-likeness (QED) is 0.315. The van der Waals surface area contributed by atoms with Gasteiger partial charge in [-0.05, 0) is 85.1 Å². The van der Waals surface area contributed by atoms with Gasteiger partial charge in [-0.2, -0.15) is 0 Å². The zero-order valence-corrected chi connectivity index (χ0v) is 24.2. The maximum Gasteiger partial charge on any atom is 0.257 e. The van der Waals surface area contributed by atoms with Gasteiger partial charge in [0.25, 0.3) is 5.91 Å². The average molecular weight is 564 g/mol. The molecule has 2 aliphatic heterocycles. The highest BCUT2D eigenvalue weighted by molar-refractivity contribution is 7.10. The van der Waals surface area contributed by atoms with E-state index in [1.54, 1.807) is 23.5 Å². The minimum absolute atomic E-state index is 0.000199. The highest BCUT2D eigenvalue weighted by atomic mass is 32.1. The van der Waals surface area contributed by atoms with Crippen LogP contribution in [0.5, 0.6) is 5.75 Å². The third-order valence-corrected chi connectivity index (χ3v) is 8.97. The van der Waals surface area contributed by atoms with Crippen molar-refractivity contribution in [1.82, 2.24) is 14.7 Å². The molecule has 1 atom stereocenters. The Morgan fingerprint density at radius 2 is 1.80 bits per heavy atom. The Bertz CT molecular complexity index is 1300. The van der Waals surface area contributed by atoms with Gasteiger partial charge in [0.1, 0.15) is 24.7 Å². The highest BCUT2D eigenvalue weighted by Gasteiger charge is 2.34. The van der Waals surface area contributed by atoms with Crippen LogP contribution in [0.1, 0.15) is 65.0 Å². The lowest BCUT2D eigenvalue weighted by Gasteiger charge is -2.37. The summed E-state index contributed by atoms with van der Waals surface area (Å²) in [4.78, 5) is 34.3. The van der Waals surface area contributed by atoms with E-state index in [9.17, 15) is 14.0 Å². The molecule has 1 aromatic heterocycles. The van der Waals surface area contributed by atoms with Crippen LogP contribution in [-0.2, 0) is 11.2 Å². The summed E-state index contributed by atoms with van der Waals surface area (Å²) in [5.41, 5.74) is 2.35. The Balaban J connectivity index is 1.33. The minimum Gasteiger partial charge on any atom is -0.491 e. The molecule has 0 aliphatic carbocycles. The molecule has 0 spiro atoms. The predicted molar refractivity (Wildman–Crippen MR) is 156 cm³/mol. The number of fused-ring (bicyclic) bond motifs is 1. The van der Waals surface area contributed by atoms with Gasteiger partial charge in [0, 0.05) is 24.5 Å². The van der Waals surface area contributed by atoms with E-state index in [-0.39, 0.29) is 24.1 Å². The van der Waals surface area contributed by atoms with Gasteiger partial charge in [-0.15, -0.1) is 11.3 Å². The van der Waals surface area contributed by atoms with Gasteiger partial charge in [0.2, 0.25) is 5.91 Å². The Morgan fingerprint density at radius 1 is 1.05 bits per heavy atom. The molecular formula is C32H38FN3O3S. The summed E-state index contributed by atoms with van der Waals surface area (Å²) in [5.74, 6) is 0.0425. The second-order valence-corrected chi connectivity index (χ2v) is 11.9. The van der Waals surface area contributed by atoms with Crippen LogP contribution in [-0.4, -0.2) is 72.4 Å². The molecule has 8 heteroatoms. The van der Waals surface area contributed by atoms with E-state index in [1.165, 1.54) is 27.5 Å². The number of thiophene rings is 1. The Labute approximate surface area is 240 Å². The predicted octanol–water partition coefficient (Wildman–Crippen LogP) is 5.75. The van der Waals surface area contributed by atoms with Crippen LogP contribution in [0.2, 0.25) is 0 Å². The van der Waals surface area contributed by atoms with Crippen LogP contribution < -0.4 is 4.74 Å². The number of hydrogen-bond donors (Lipinski definition) is 0. The number of nitrogens with zero attached hydrogens (tertiary/aromatic N) is 3. The number of rotatable bonds is 10. The fourth-order valence-electron chi connectivity index (χ4n) is 5.58. The zero-order chi connectivity index (χ0) is 28.1. The van der Waals surface area contributed by atoms with E-state index in [0.29, 0.717) is 32.2 Å². The van der Waals surface area contributed by atoms with Crippen molar-refractivity contribution in [1.29, 1.82) is 0 Å². The van der Waals surface area contributed by atoms with E-state index < -0.39 is 11.7 Å². The molecule has 1 fully saturated rings. The van der Waals surface area contributed by atoms with Gasteiger partial charge < -0.3 is 19.4 Å². The fourth-order valence-corrected chi connectivity index (χ4v) is 6.51. The topological polar surface area (TPSA) is 53.1 Å². The van der Waals surface area contributed by atoms with Gasteiger partial charge >= 0.3 is 0 Å². The second kappa shape index (κ2) is 13.0. The van der Waals surface area contributed by atoms with Crippen LogP contribution in [0.25, 0.3) is 0 Å². The van der Waals surface area contributed by atoms with Crippen LogP contribution >= 0.6 is 11.3 Å². The lowest BCUT2D eigenvalue weighted by Crippen LogP contribution is -2.49. The maximum atomic E-state index is 14.6. The largest absolute Gasteiger partial charge is 0.491 e. The van der Waals surface area contributed by atoms with Crippen LogP contribution in [0.3, 0.4) is 0 Å². The van der Waals surface area contributed by atoms with Crippen LogP contribution in [0, 0.1) is 5.82 Å². The fraction of sp³-hybridized carbons (Fsp3) is 0.438. The van der Waals surface area contributed by atoms with E-state index in [4.69, 9.17) is 4.74 Å². The minimum atomic E-state index is -0.568. The van der Waals surface area contributed by atoms with Crippen LogP contribution in [0.4, 0.5) is 4.39 Å². The van der Waals surface area contributed by atoms with Gasteiger partial charge in [0.05, 0.1) is 11.6 Å². The lowest BCUT2D eigenvalue weighted by molar-refractivity contribution is -0.135. The molecule has 2 aromatic carbocycles. The van der Waals surface area contributed by atoms with Gasteiger partial charge in [-0.25, -0.2) is 4.39 Å². The van der Waals surface area contributed by atoms with Crippen molar-refractivity contribution >= 4 is 23.2 Å². The smallest absolute Gasteiger partial charge is 0.257 e. The summed E-state index contributed by atoms with van der Waals surface area (Å²) < 4.78 is 20.8. The first-order chi connectivity index (χ1) is 19.4. The number of benzene rings is 2. The summed E-state index contributed by atoms with van der Waals surface area (Å²) in [7, 11) is 0. The van der Waals surface area contributed by atoms with Gasteiger partial charge in [-0.3, -0.25) is 9.59 Å². The summed E-state index contributed by atoms with van der Waals surface area (Å²) in [6.07, 6.45) is 3.05. The third-order valence-electron chi connectivity index (χ3n) is 7.97. The molecule has 0 saturated carbocycles. The number of ether oxygens (including phenoxy) is 1. The second-order valence-electron chi connectivity index (χ2n) is 10.9. The molecule has 212 valence electrons.